The molecule has 1 N–H and O–H groups in total. The van der Waals surface area contributed by atoms with Gasteiger partial charge in [-0.2, -0.15) is 0 Å². The molecule has 0 spiro atoms. The average molecular weight is 216 g/mol. The molecular formula is C13H16N2O. The summed E-state index contributed by atoms with van der Waals surface area (Å²) >= 11 is 0. The van der Waals surface area contributed by atoms with Crippen molar-refractivity contribution in [1.82, 2.24) is 4.90 Å². The first-order chi connectivity index (χ1) is 7.79. The Balaban J connectivity index is 1.94. The van der Waals surface area contributed by atoms with Crippen molar-refractivity contribution in [3.63, 3.8) is 0 Å². The monoisotopic (exact) mass is 216 g/mol. The van der Waals surface area contributed by atoms with Gasteiger partial charge < -0.3 is 10.0 Å². The fourth-order valence-electron chi connectivity index (χ4n) is 1.96. The molecule has 0 bridgehead atoms. The highest BCUT2D eigenvalue weighted by molar-refractivity contribution is 5.49. The first-order valence-corrected chi connectivity index (χ1v) is 5.49. The number of aromatic hydroxyl groups is 1. The summed E-state index contributed by atoms with van der Waals surface area (Å²) in [6, 6.07) is 7.35. The number of piperazine rings is 1. The van der Waals surface area contributed by atoms with Gasteiger partial charge in [-0.05, 0) is 24.3 Å². The Morgan fingerprint density at radius 2 is 1.75 bits per heavy atom. The van der Waals surface area contributed by atoms with Crippen molar-refractivity contribution in [2.24, 2.45) is 0 Å². The van der Waals surface area contributed by atoms with Gasteiger partial charge in [-0.1, -0.05) is 5.92 Å². The lowest BCUT2D eigenvalue weighted by Gasteiger charge is -2.35. The fraction of sp³-hybridized carbons (Fsp3) is 0.385. The summed E-state index contributed by atoms with van der Waals surface area (Å²) in [4.78, 5) is 4.59. The molecule has 0 saturated carbocycles. The van der Waals surface area contributed by atoms with Crippen LogP contribution in [0.4, 0.5) is 5.69 Å². The standard InChI is InChI=1S/C13H16N2O/c1-2-7-14-8-10-15(11-9-14)12-3-5-13(16)6-4-12/h1,3-6,16H,7-11H2. The van der Waals surface area contributed by atoms with Crippen molar-refractivity contribution in [2.75, 3.05) is 37.6 Å². The van der Waals surface area contributed by atoms with Crippen LogP contribution in [0, 0.1) is 12.3 Å². The van der Waals surface area contributed by atoms with Crippen molar-refractivity contribution >= 4 is 5.69 Å². The first-order valence-electron chi connectivity index (χ1n) is 5.49. The van der Waals surface area contributed by atoms with Crippen LogP contribution in [-0.2, 0) is 0 Å². The van der Waals surface area contributed by atoms with E-state index >= 15 is 0 Å². The molecule has 1 saturated heterocycles. The van der Waals surface area contributed by atoms with Crippen molar-refractivity contribution in [2.45, 2.75) is 0 Å². The molecule has 1 fully saturated rings. The van der Waals surface area contributed by atoms with Gasteiger partial charge in [-0.3, -0.25) is 4.90 Å². The predicted octanol–water partition coefficient (Wildman–Crippen LogP) is 1.15. The van der Waals surface area contributed by atoms with Crippen LogP contribution in [0.5, 0.6) is 5.75 Å². The van der Waals surface area contributed by atoms with E-state index in [1.165, 1.54) is 0 Å². The highest BCUT2D eigenvalue weighted by Gasteiger charge is 2.15. The van der Waals surface area contributed by atoms with Gasteiger partial charge in [0.1, 0.15) is 5.75 Å². The molecular weight excluding hydrogens is 200 g/mol. The molecule has 0 amide bonds. The van der Waals surface area contributed by atoms with Crippen molar-refractivity contribution < 1.29 is 5.11 Å². The molecule has 1 aromatic rings. The van der Waals surface area contributed by atoms with E-state index in [0.717, 1.165) is 38.4 Å². The van der Waals surface area contributed by atoms with Crippen LogP contribution in [0.2, 0.25) is 0 Å². The molecule has 1 aromatic carbocycles. The van der Waals surface area contributed by atoms with Gasteiger partial charge in [0.05, 0.1) is 6.54 Å². The van der Waals surface area contributed by atoms with Gasteiger partial charge >= 0.3 is 0 Å². The third-order valence-corrected chi connectivity index (χ3v) is 2.90. The zero-order valence-corrected chi connectivity index (χ0v) is 9.26. The minimum absolute atomic E-state index is 0.315. The molecule has 1 aliphatic rings. The molecule has 3 nitrogen and oxygen atoms in total. The van der Waals surface area contributed by atoms with E-state index in [9.17, 15) is 5.11 Å². The van der Waals surface area contributed by atoms with Crippen LogP contribution in [0.3, 0.4) is 0 Å². The molecule has 16 heavy (non-hydrogen) atoms. The lowest BCUT2D eigenvalue weighted by atomic mass is 10.2. The van der Waals surface area contributed by atoms with Gasteiger partial charge in [0.2, 0.25) is 0 Å². The molecule has 0 aliphatic carbocycles. The number of phenolic OH excluding ortho intramolecular Hbond substituents is 1. The van der Waals surface area contributed by atoms with E-state index in [-0.39, 0.29) is 0 Å². The van der Waals surface area contributed by atoms with Crippen LogP contribution >= 0.6 is 0 Å². The Hall–Kier alpha value is -1.66. The van der Waals surface area contributed by atoms with Crippen molar-refractivity contribution in [1.29, 1.82) is 0 Å². The van der Waals surface area contributed by atoms with Crippen molar-refractivity contribution in [3.8, 4) is 18.1 Å². The summed E-state index contributed by atoms with van der Waals surface area (Å²) < 4.78 is 0. The lowest BCUT2D eigenvalue weighted by Crippen LogP contribution is -2.46. The van der Waals surface area contributed by atoms with E-state index in [2.05, 4.69) is 15.7 Å². The van der Waals surface area contributed by atoms with Gasteiger partial charge in [0, 0.05) is 31.9 Å². The Bertz CT molecular complexity index is 372. The van der Waals surface area contributed by atoms with E-state index in [0.29, 0.717) is 5.75 Å². The van der Waals surface area contributed by atoms with Gasteiger partial charge in [0.15, 0.2) is 0 Å². The fourth-order valence-corrected chi connectivity index (χ4v) is 1.96. The van der Waals surface area contributed by atoms with Gasteiger partial charge in [-0.15, -0.1) is 6.42 Å². The molecule has 3 heteroatoms. The largest absolute Gasteiger partial charge is 0.508 e. The second kappa shape index (κ2) is 4.91. The Morgan fingerprint density at radius 3 is 2.31 bits per heavy atom. The number of terminal acetylenes is 1. The van der Waals surface area contributed by atoms with E-state index < -0.39 is 0 Å². The van der Waals surface area contributed by atoms with Crippen LogP contribution in [-0.4, -0.2) is 42.7 Å². The number of benzene rings is 1. The summed E-state index contributed by atoms with van der Waals surface area (Å²) in [6.07, 6.45) is 5.29. The molecule has 1 heterocycles. The second-order valence-electron chi connectivity index (χ2n) is 3.98. The molecule has 0 aromatic heterocycles. The highest BCUT2D eigenvalue weighted by Crippen LogP contribution is 2.19. The number of rotatable bonds is 2. The van der Waals surface area contributed by atoms with E-state index in [1.54, 1.807) is 12.1 Å². The normalized spacial score (nSPS) is 17.1. The zero-order chi connectivity index (χ0) is 11.4. The maximum absolute atomic E-state index is 9.22. The maximum atomic E-state index is 9.22. The lowest BCUT2D eigenvalue weighted by molar-refractivity contribution is 0.288. The van der Waals surface area contributed by atoms with Crippen LogP contribution in [0.1, 0.15) is 0 Å². The Kier molecular flexibility index (Phi) is 3.33. The number of anilines is 1. The topological polar surface area (TPSA) is 26.7 Å². The quantitative estimate of drug-likeness (QED) is 0.751. The Labute approximate surface area is 96.3 Å². The number of phenols is 1. The van der Waals surface area contributed by atoms with Crippen LogP contribution in [0.15, 0.2) is 24.3 Å². The SMILES string of the molecule is C#CCN1CCN(c2ccc(O)cc2)CC1. The van der Waals surface area contributed by atoms with Gasteiger partial charge in [-0.25, -0.2) is 0 Å². The smallest absolute Gasteiger partial charge is 0.115 e. The molecule has 0 atom stereocenters. The highest BCUT2D eigenvalue weighted by atomic mass is 16.3. The summed E-state index contributed by atoms with van der Waals surface area (Å²) in [7, 11) is 0. The second-order valence-corrected chi connectivity index (χ2v) is 3.98. The van der Waals surface area contributed by atoms with E-state index in [1.807, 2.05) is 12.1 Å². The molecule has 84 valence electrons. The third kappa shape index (κ3) is 2.47. The number of nitrogens with zero attached hydrogens (tertiary/aromatic N) is 2. The van der Waals surface area contributed by atoms with Crippen molar-refractivity contribution in [3.05, 3.63) is 24.3 Å². The van der Waals surface area contributed by atoms with Crippen LogP contribution < -0.4 is 4.90 Å². The van der Waals surface area contributed by atoms with Crippen LogP contribution in [0.25, 0.3) is 0 Å². The Morgan fingerprint density at radius 1 is 1.12 bits per heavy atom. The summed E-state index contributed by atoms with van der Waals surface area (Å²) in [6.45, 7) is 4.73. The third-order valence-electron chi connectivity index (χ3n) is 2.90. The number of hydrogen-bond acceptors (Lipinski definition) is 3. The predicted molar refractivity (Wildman–Crippen MR) is 65.6 cm³/mol. The molecule has 2 rings (SSSR count). The molecule has 1 aliphatic heterocycles. The minimum atomic E-state index is 0.315. The maximum Gasteiger partial charge on any atom is 0.115 e. The summed E-state index contributed by atoms with van der Waals surface area (Å²) in [5.74, 6) is 2.99. The number of hydrogen-bond donors (Lipinski definition) is 1. The molecule has 0 radical (unpaired) electrons. The summed E-state index contributed by atoms with van der Waals surface area (Å²) in [5, 5.41) is 9.22. The summed E-state index contributed by atoms with van der Waals surface area (Å²) in [5.41, 5.74) is 1.16. The van der Waals surface area contributed by atoms with E-state index in [4.69, 9.17) is 6.42 Å². The zero-order valence-electron chi connectivity index (χ0n) is 9.26. The van der Waals surface area contributed by atoms with Gasteiger partial charge in [0.25, 0.3) is 0 Å². The molecule has 0 unspecified atom stereocenters. The average Bonchev–Trinajstić information content (AvgIpc) is 2.32. The first kappa shape index (κ1) is 10.8. The minimum Gasteiger partial charge on any atom is -0.508 e.